The van der Waals surface area contributed by atoms with Gasteiger partial charge in [-0.25, -0.2) is 0 Å². The van der Waals surface area contributed by atoms with E-state index in [4.69, 9.17) is 23.7 Å². The van der Waals surface area contributed by atoms with E-state index in [9.17, 15) is 19.2 Å². The molecule has 0 saturated carbocycles. The zero-order chi connectivity index (χ0) is 31.0. The Morgan fingerprint density at radius 3 is 1.47 bits per heavy atom. The normalized spacial score (nSPS) is 21.7. The molecule has 10 heteroatoms. The maximum atomic E-state index is 12.3. The fourth-order valence-electron chi connectivity index (χ4n) is 5.33. The smallest absolute Gasteiger partial charge is 0.305 e. The molecule has 3 aromatic rings. The van der Waals surface area contributed by atoms with Crippen molar-refractivity contribution >= 4 is 23.8 Å². The lowest BCUT2D eigenvalue weighted by molar-refractivity contribution is -0.275. The van der Waals surface area contributed by atoms with E-state index in [1.165, 1.54) is 27.7 Å². The first kappa shape index (κ1) is 31.4. The molecule has 1 saturated heterocycles. The van der Waals surface area contributed by atoms with Crippen LogP contribution in [0.5, 0.6) is 0 Å². The number of ether oxygens (including phenoxy) is 5. The van der Waals surface area contributed by atoms with Crippen LogP contribution in [0.15, 0.2) is 91.0 Å². The van der Waals surface area contributed by atoms with Crippen LogP contribution < -0.4 is 5.32 Å². The van der Waals surface area contributed by atoms with Crippen LogP contribution in [0.3, 0.4) is 0 Å². The quantitative estimate of drug-likeness (QED) is 0.214. The van der Waals surface area contributed by atoms with Crippen molar-refractivity contribution in [3.63, 3.8) is 0 Å². The van der Waals surface area contributed by atoms with Crippen LogP contribution in [0.2, 0.25) is 0 Å². The minimum atomic E-state index is -1.38. The number of rotatable bonds is 10. The van der Waals surface area contributed by atoms with E-state index >= 15 is 0 Å². The number of hydrogen-bond donors (Lipinski definition) is 1. The molecule has 4 rings (SSSR count). The summed E-state index contributed by atoms with van der Waals surface area (Å²) in [6, 6.07) is 27.7. The Kier molecular flexibility index (Phi) is 10.3. The van der Waals surface area contributed by atoms with Crippen molar-refractivity contribution in [2.75, 3.05) is 6.61 Å². The van der Waals surface area contributed by atoms with Crippen molar-refractivity contribution in [3.05, 3.63) is 108 Å². The molecule has 0 radical (unpaired) electrons. The van der Waals surface area contributed by atoms with Crippen molar-refractivity contribution in [3.8, 4) is 0 Å². The Balaban J connectivity index is 1.83. The standard InChI is InChI=1S/C33H35NO9/c1-21(35)34-29-31(41-23(3)37)30(40-22(2)36)28(43-32(29)42-24(4)38)20-39-33(25-14-8-5-9-15-25,26-16-10-6-11-17-26)27-18-12-7-13-19-27/h5-19,28-32H,20H2,1-4H3,(H,34,35)/t28-,29-,30+,31-,32-/m0/s1. The first-order valence-electron chi connectivity index (χ1n) is 13.9. The number of carbonyl (C=O) groups is 4. The SMILES string of the molecule is CC(=O)N[C@@H]1[C@@H](OC(C)=O)O[C@@H](COC(c2ccccc2)(c2ccccc2)c2ccccc2)[C@@H](OC(C)=O)[C@H]1OC(C)=O. The molecule has 5 atom stereocenters. The van der Waals surface area contributed by atoms with Crippen LogP contribution in [-0.2, 0) is 48.5 Å². The number of carbonyl (C=O) groups excluding carboxylic acids is 4. The second-order valence-corrected chi connectivity index (χ2v) is 10.1. The molecule has 226 valence electrons. The number of nitrogens with one attached hydrogen (secondary N) is 1. The highest BCUT2D eigenvalue weighted by atomic mass is 16.7. The number of esters is 3. The highest BCUT2D eigenvalue weighted by Crippen LogP contribution is 2.41. The van der Waals surface area contributed by atoms with Crippen LogP contribution in [0.25, 0.3) is 0 Å². The van der Waals surface area contributed by atoms with E-state index in [1.807, 2.05) is 91.0 Å². The minimum Gasteiger partial charge on any atom is -0.456 e. The van der Waals surface area contributed by atoms with Gasteiger partial charge >= 0.3 is 17.9 Å². The van der Waals surface area contributed by atoms with Crippen LogP contribution in [0, 0.1) is 0 Å². The van der Waals surface area contributed by atoms with E-state index in [0.29, 0.717) is 0 Å². The molecular formula is C33H35NO9. The molecule has 0 aromatic heterocycles. The Morgan fingerprint density at radius 2 is 1.07 bits per heavy atom. The molecule has 0 bridgehead atoms. The molecule has 0 aliphatic carbocycles. The predicted molar refractivity (Wildman–Crippen MR) is 154 cm³/mol. The maximum Gasteiger partial charge on any atom is 0.305 e. The highest BCUT2D eigenvalue weighted by molar-refractivity contribution is 5.74. The molecule has 1 amide bonds. The van der Waals surface area contributed by atoms with Crippen molar-refractivity contribution in [1.82, 2.24) is 5.32 Å². The predicted octanol–water partition coefficient (Wildman–Crippen LogP) is 3.65. The van der Waals surface area contributed by atoms with Gasteiger partial charge < -0.3 is 29.0 Å². The first-order chi connectivity index (χ1) is 20.6. The van der Waals surface area contributed by atoms with E-state index in [0.717, 1.165) is 16.7 Å². The second-order valence-electron chi connectivity index (χ2n) is 10.1. The molecule has 1 N–H and O–H groups in total. The molecule has 1 fully saturated rings. The zero-order valence-corrected chi connectivity index (χ0v) is 24.4. The average molecular weight is 590 g/mol. The van der Waals surface area contributed by atoms with Gasteiger partial charge in [0, 0.05) is 27.7 Å². The first-order valence-corrected chi connectivity index (χ1v) is 13.9. The number of hydrogen-bond acceptors (Lipinski definition) is 9. The molecule has 0 unspecified atom stereocenters. The van der Waals surface area contributed by atoms with E-state index < -0.39 is 60.1 Å². The Morgan fingerprint density at radius 1 is 0.651 bits per heavy atom. The summed E-state index contributed by atoms with van der Waals surface area (Å²) in [5, 5.41) is 2.62. The largest absolute Gasteiger partial charge is 0.456 e. The van der Waals surface area contributed by atoms with Gasteiger partial charge in [0.1, 0.15) is 17.7 Å². The molecular weight excluding hydrogens is 554 g/mol. The Hall–Kier alpha value is -4.54. The summed E-state index contributed by atoms with van der Waals surface area (Å²) < 4.78 is 29.7. The van der Waals surface area contributed by atoms with Gasteiger partial charge in [0.05, 0.1) is 6.61 Å². The lowest BCUT2D eigenvalue weighted by Gasteiger charge is -2.45. The molecule has 43 heavy (non-hydrogen) atoms. The molecule has 3 aromatic carbocycles. The van der Waals surface area contributed by atoms with E-state index in [2.05, 4.69) is 5.32 Å². The van der Waals surface area contributed by atoms with Crippen LogP contribution >= 0.6 is 0 Å². The van der Waals surface area contributed by atoms with Gasteiger partial charge in [0.2, 0.25) is 12.2 Å². The van der Waals surface area contributed by atoms with Crippen LogP contribution in [0.1, 0.15) is 44.4 Å². The summed E-state index contributed by atoms with van der Waals surface area (Å²) >= 11 is 0. The number of benzene rings is 3. The van der Waals surface area contributed by atoms with Crippen LogP contribution in [0.4, 0.5) is 0 Å². The van der Waals surface area contributed by atoms with Crippen molar-refractivity contribution in [2.24, 2.45) is 0 Å². The Bertz CT molecular complexity index is 1300. The van der Waals surface area contributed by atoms with Gasteiger partial charge in [0.25, 0.3) is 0 Å². The van der Waals surface area contributed by atoms with Crippen molar-refractivity contribution in [2.45, 2.75) is 63.9 Å². The van der Waals surface area contributed by atoms with Crippen LogP contribution in [-0.4, -0.2) is 61.1 Å². The van der Waals surface area contributed by atoms with Crippen molar-refractivity contribution in [1.29, 1.82) is 0 Å². The Labute approximate surface area is 250 Å². The molecule has 1 aliphatic rings. The topological polar surface area (TPSA) is 126 Å². The van der Waals surface area contributed by atoms with Gasteiger partial charge in [-0.2, -0.15) is 0 Å². The lowest BCUT2D eigenvalue weighted by atomic mass is 9.80. The zero-order valence-electron chi connectivity index (χ0n) is 24.4. The monoisotopic (exact) mass is 589 g/mol. The average Bonchev–Trinajstić information content (AvgIpc) is 2.97. The molecule has 0 spiro atoms. The van der Waals surface area contributed by atoms with Gasteiger partial charge in [-0.15, -0.1) is 0 Å². The highest BCUT2D eigenvalue weighted by Gasteiger charge is 2.52. The summed E-state index contributed by atoms with van der Waals surface area (Å²) in [7, 11) is 0. The second kappa shape index (κ2) is 14.1. The number of amides is 1. The van der Waals surface area contributed by atoms with Gasteiger partial charge in [-0.1, -0.05) is 91.0 Å². The third-order valence-corrected chi connectivity index (χ3v) is 6.91. The molecule has 1 aliphatic heterocycles. The summed E-state index contributed by atoms with van der Waals surface area (Å²) in [6.45, 7) is 4.61. The van der Waals surface area contributed by atoms with E-state index in [-0.39, 0.29) is 6.61 Å². The summed E-state index contributed by atoms with van der Waals surface area (Å²) in [5.41, 5.74) is 1.29. The fourth-order valence-corrected chi connectivity index (χ4v) is 5.33. The van der Waals surface area contributed by atoms with E-state index in [1.54, 1.807) is 0 Å². The van der Waals surface area contributed by atoms with Crippen molar-refractivity contribution < 1.29 is 42.9 Å². The molecule has 10 nitrogen and oxygen atoms in total. The van der Waals surface area contributed by atoms with Gasteiger partial charge in [-0.05, 0) is 16.7 Å². The molecule has 1 heterocycles. The maximum absolute atomic E-state index is 12.3. The van der Waals surface area contributed by atoms with Gasteiger partial charge in [0.15, 0.2) is 12.2 Å². The summed E-state index contributed by atoms with van der Waals surface area (Å²) in [5.74, 6) is -2.58. The summed E-state index contributed by atoms with van der Waals surface area (Å²) in [4.78, 5) is 48.7. The summed E-state index contributed by atoms with van der Waals surface area (Å²) in [6.07, 6.45) is -4.98. The fraction of sp³-hybridized carbons (Fsp3) is 0.333. The third kappa shape index (κ3) is 7.46. The van der Waals surface area contributed by atoms with Gasteiger partial charge in [-0.3, -0.25) is 19.2 Å². The lowest BCUT2D eigenvalue weighted by Crippen LogP contribution is -2.67. The minimum absolute atomic E-state index is 0.209. The third-order valence-electron chi connectivity index (χ3n) is 6.91.